The summed E-state index contributed by atoms with van der Waals surface area (Å²) in [5.41, 5.74) is 3.45. The summed E-state index contributed by atoms with van der Waals surface area (Å²) in [6.45, 7) is 2.13. The Balaban J connectivity index is 1.99. The van der Waals surface area contributed by atoms with Crippen molar-refractivity contribution < 1.29 is 0 Å². The van der Waals surface area contributed by atoms with E-state index in [0.29, 0.717) is 0 Å². The molecule has 0 fully saturated rings. The van der Waals surface area contributed by atoms with Crippen LogP contribution in [0, 0.1) is 0 Å². The van der Waals surface area contributed by atoms with Crippen molar-refractivity contribution >= 4 is 0 Å². The van der Waals surface area contributed by atoms with Crippen molar-refractivity contribution in [2.45, 2.75) is 26.2 Å². The van der Waals surface area contributed by atoms with Gasteiger partial charge in [-0.05, 0) is 43.5 Å². The molecule has 2 aromatic heterocycles. The minimum Gasteiger partial charge on any atom is -0.261 e. The molecule has 2 nitrogen and oxygen atoms in total. The van der Waals surface area contributed by atoms with Gasteiger partial charge in [-0.25, -0.2) is 0 Å². The highest BCUT2D eigenvalue weighted by Crippen LogP contribution is 2.04. The summed E-state index contributed by atoms with van der Waals surface area (Å²) in [5.74, 6) is 0. The molecular weight excluding hydrogens is 196 g/mol. The number of rotatable bonds is 4. The average molecular weight is 212 g/mol. The zero-order valence-electron chi connectivity index (χ0n) is 9.56. The molecule has 2 aromatic rings. The van der Waals surface area contributed by atoms with Gasteiger partial charge in [0.2, 0.25) is 0 Å². The van der Waals surface area contributed by atoms with Crippen molar-refractivity contribution in [2.75, 3.05) is 0 Å². The second kappa shape index (κ2) is 5.40. The minimum absolute atomic E-state index is 0.959. The Bertz CT molecular complexity index is 437. The first-order chi connectivity index (χ1) is 7.88. The molecule has 0 atom stereocenters. The molecule has 0 unspecified atom stereocenters. The molecule has 2 heterocycles. The van der Waals surface area contributed by atoms with Gasteiger partial charge in [-0.2, -0.15) is 0 Å². The molecule has 0 N–H and O–H groups in total. The molecular formula is C14H16N2. The van der Waals surface area contributed by atoms with E-state index in [1.165, 1.54) is 5.69 Å². The molecule has 0 aliphatic carbocycles. The van der Waals surface area contributed by atoms with E-state index in [9.17, 15) is 0 Å². The van der Waals surface area contributed by atoms with E-state index in [1.54, 1.807) is 0 Å². The molecule has 0 amide bonds. The lowest BCUT2D eigenvalue weighted by molar-refractivity contribution is 0.861. The van der Waals surface area contributed by atoms with Gasteiger partial charge in [-0.3, -0.25) is 9.97 Å². The van der Waals surface area contributed by atoms with Crippen LogP contribution < -0.4 is 0 Å². The Kier molecular flexibility index (Phi) is 3.65. The topological polar surface area (TPSA) is 25.8 Å². The van der Waals surface area contributed by atoms with Gasteiger partial charge in [-0.15, -0.1) is 0 Å². The Morgan fingerprint density at radius 3 is 2.38 bits per heavy atom. The quantitative estimate of drug-likeness (QED) is 0.778. The Labute approximate surface area is 96.4 Å². The smallest absolute Gasteiger partial charge is 0.0410 e. The van der Waals surface area contributed by atoms with Crippen molar-refractivity contribution in [3.05, 3.63) is 59.7 Å². The maximum Gasteiger partial charge on any atom is 0.0410 e. The first-order valence-electron chi connectivity index (χ1n) is 5.73. The van der Waals surface area contributed by atoms with E-state index >= 15 is 0 Å². The van der Waals surface area contributed by atoms with Crippen LogP contribution in [0.4, 0.5) is 0 Å². The second-order valence-corrected chi connectivity index (χ2v) is 3.79. The number of nitrogens with zero attached hydrogens (tertiary/aromatic N) is 2. The van der Waals surface area contributed by atoms with Crippen LogP contribution in [0.5, 0.6) is 0 Å². The van der Waals surface area contributed by atoms with Crippen LogP contribution in [0.2, 0.25) is 0 Å². The van der Waals surface area contributed by atoms with Crippen LogP contribution in [0.1, 0.15) is 24.0 Å². The Morgan fingerprint density at radius 2 is 1.62 bits per heavy atom. The van der Waals surface area contributed by atoms with Crippen LogP contribution in [-0.4, -0.2) is 9.97 Å². The van der Waals surface area contributed by atoms with Crippen LogP contribution >= 0.6 is 0 Å². The van der Waals surface area contributed by atoms with Gasteiger partial charge >= 0.3 is 0 Å². The first kappa shape index (κ1) is 10.8. The molecule has 0 aliphatic heterocycles. The molecule has 2 heteroatoms. The molecule has 82 valence electrons. The van der Waals surface area contributed by atoms with Gasteiger partial charge in [0.15, 0.2) is 0 Å². The van der Waals surface area contributed by atoms with E-state index in [-0.39, 0.29) is 0 Å². The predicted octanol–water partition coefficient (Wildman–Crippen LogP) is 2.82. The second-order valence-electron chi connectivity index (χ2n) is 3.79. The standard InChI is InChI=1S/C14H16N2/c1-2-12-7-5-8-14(16-12)10-9-13-6-3-4-11-15-13/h3-8,11H,2,9-10H2,1H3. The number of hydrogen-bond acceptors (Lipinski definition) is 2. The predicted molar refractivity (Wildman–Crippen MR) is 65.3 cm³/mol. The largest absolute Gasteiger partial charge is 0.261 e. The van der Waals surface area contributed by atoms with Crippen molar-refractivity contribution in [2.24, 2.45) is 0 Å². The highest BCUT2D eigenvalue weighted by molar-refractivity contribution is 5.13. The van der Waals surface area contributed by atoms with Crippen molar-refractivity contribution in [1.29, 1.82) is 0 Å². The van der Waals surface area contributed by atoms with Gasteiger partial charge in [-0.1, -0.05) is 19.1 Å². The SMILES string of the molecule is CCc1cccc(CCc2ccccn2)n1. The zero-order chi connectivity index (χ0) is 11.2. The summed E-state index contributed by atoms with van der Waals surface area (Å²) in [5, 5.41) is 0. The number of pyridine rings is 2. The summed E-state index contributed by atoms with van der Waals surface area (Å²) in [7, 11) is 0. The number of aryl methyl sites for hydroxylation is 3. The molecule has 0 aliphatic rings. The van der Waals surface area contributed by atoms with Gasteiger partial charge in [0.05, 0.1) is 0 Å². The fourth-order valence-electron chi connectivity index (χ4n) is 1.67. The maximum atomic E-state index is 4.58. The van der Waals surface area contributed by atoms with Crippen LogP contribution in [0.15, 0.2) is 42.6 Å². The first-order valence-corrected chi connectivity index (χ1v) is 5.73. The lowest BCUT2D eigenvalue weighted by Crippen LogP contribution is -1.98. The normalized spacial score (nSPS) is 10.3. The molecule has 0 bridgehead atoms. The number of aromatic nitrogens is 2. The van der Waals surface area contributed by atoms with E-state index < -0.39 is 0 Å². The van der Waals surface area contributed by atoms with E-state index in [4.69, 9.17) is 0 Å². The van der Waals surface area contributed by atoms with Crippen LogP contribution in [-0.2, 0) is 19.3 Å². The summed E-state index contributed by atoms with van der Waals surface area (Å²) in [4.78, 5) is 8.89. The molecule has 16 heavy (non-hydrogen) atoms. The van der Waals surface area contributed by atoms with E-state index in [0.717, 1.165) is 30.7 Å². The summed E-state index contributed by atoms with van der Waals surface area (Å²) in [6, 6.07) is 12.3. The molecule has 0 spiro atoms. The fraction of sp³-hybridized carbons (Fsp3) is 0.286. The van der Waals surface area contributed by atoms with Gasteiger partial charge < -0.3 is 0 Å². The minimum atomic E-state index is 0.959. The maximum absolute atomic E-state index is 4.58. The van der Waals surface area contributed by atoms with Gasteiger partial charge in [0.25, 0.3) is 0 Å². The zero-order valence-corrected chi connectivity index (χ0v) is 9.56. The molecule has 0 radical (unpaired) electrons. The lowest BCUT2D eigenvalue weighted by Gasteiger charge is -2.02. The summed E-state index contributed by atoms with van der Waals surface area (Å²) in [6.07, 6.45) is 4.76. The Hall–Kier alpha value is -1.70. The fourth-order valence-corrected chi connectivity index (χ4v) is 1.67. The third kappa shape index (κ3) is 2.89. The van der Waals surface area contributed by atoms with Crippen molar-refractivity contribution in [3.8, 4) is 0 Å². The van der Waals surface area contributed by atoms with Gasteiger partial charge in [0.1, 0.15) is 0 Å². The highest BCUT2D eigenvalue weighted by Gasteiger charge is 1.98. The Morgan fingerprint density at radius 1 is 0.875 bits per heavy atom. The van der Waals surface area contributed by atoms with Crippen LogP contribution in [0.3, 0.4) is 0 Å². The van der Waals surface area contributed by atoms with Crippen LogP contribution in [0.25, 0.3) is 0 Å². The monoisotopic (exact) mass is 212 g/mol. The van der Waals surface area contributed by atoms with E-state index in [1.807, 2.05) is 18.3 Å². The van der Waals surface area contributed by atoms with Crippen molar-refractivity contribution in [1.82, 2.24) is 9.97 Å². The summed E-state index contributed by atoms with van der Waals surface area (Å²) < 4.78 is 0. The molecule has 0 saturated carbocycles. The van der Waals surface area contributed by atoms with Crippen molar-refractivity contribution in [3.63, 3.8) is 0 Å². The lowest BCUT2D eigenvalue weighted by atomic mass is 10.1. The number of hydrogen-bond donors (Lipinski definition) is 0. The molecule has 0 saturated heterocycles. The third-order valence-corrected chi connectivity index (χ3v) is 2.59. The van der Waals surface area contributed by atoms with E-state index in [2.05, 4.69) is 41.2 Å². The van der Waals surface area contributed by atoms with Gasteiger partial charge in [0, 0.05) is 23.3 Å². The molecule has 0 aromatic carbocycles. The molecule has 2 rings (SSSR count). The average Bonchev–Trinajstić information content (AvgIpc) is 2.38. The third-order valence-electron chi connectivity index (χ3n) is 2.59. The highest BCUT2D eigenvalue weighted by atomic mass is 14.7. The summed E-state index contributed by atoms with van der Waals surface area (Å²) >= 11 is 0.